The third-order valence-electron chi connectivity index (χ3n) is 5.97. The number of hydrogen-bond donors (Lipinski definition) is 0. The molecule has 5 heteroatoms. The summed E-state index contributed by atoms with van der Waals surface area (Å²) in [6.45, 7) is 14.2. The fraction of sp³-hybridized carbons (Fsp3) is 0.909. The van der Waals surface area contributed by atoms with E-state index >= 15 is 0 Å². The van der Waals surface area contributed by atoms with Crippen LogP contribution in [0.25, 0.3) is 0 Å². The van der Waals surface area contributed by atoms with Crippen molar-refractivity contribution >= 4 is 11.8 Å². The molecule has 0 aromatic rings. The molecule has 0 N–H and O–H groups in total. The Morgan fingerprint density at radius 1 is 1.04 bits per heavy atom. The fourth-order valence-electron chi connectivity index (χ4n) is 4.28. The summed E-state index contributed by atoms with van der Waals surface area (Å²) in [6.07, 6.45) is 7.27. The van der Waals surface area contributed by atoms with Crippen LogP contribution in [-0.2, 0) is 9.59 Å². The Morgan fingerprint density at radius 2 is 1.74 bits per heavy atom. The van der Waals surface area contributed by atoms with Crippen molar-refractivity contribution in [2.45, 2.75) is 78.7 Å². The van der Waals surface area contributed by atoms with Crippen molar-refractivity contribution < 1.29 is 9.59 Å². The van der Waals surface area contributed by atoms with Gasteiger partial charge in [-0.25, -0.2) is 0 Å². The second kappa shape index (κ2) is 11.0. The van der Waals surface area contributed by atoms with Crippen molar-refractivity contribution in [3.8, 4) is 0 Å². The van der Waals surface area contributed by atoms with Gasteiger partial charge in [-0.1, -0.05) is 27.7 Å². The molecule has 0 aromatic heterocycles. The molecule has 0 saturated carbocycles. The molecule has 0 bridgehead atoms. The normalized spacial score (nSPS) is 21.3. The minimum Gasteiger partial charge on any atom is -0.341 e. The molecule has 0 radical (unpaired) electrons. The molecule has 2 fully saturated rings. The van der Waals surface area contributed by atoms with E-state index in [1.54, 1.807) is 0 Å². The molecular formula is C22H41N3O2. The van der Waals surface area contributed by atoms with Gasteiger partial charge in [0.25, 0.3) is 0 Å². The Balaban J connectivity index is 1.91. The van der Waals surface area contributed by atoms with Gasteiger partial charge in [0.05, 0.1) is 0 Å². The Bertz CT molecular complexity index is 472. The first-order chi connectivity index (χ1) is 12.9. The maximum absolute atomic E-state index is 12.9. The van der Waals surface area contributed by atoms with E-state index in [4.69, 9.17) is 0 Å². The van der Waals surface area contributed by atoms with Crippen LogP contribution in [0.5, 0.6) is 0 Å². The Hall–Kier alpha value is -1.10. The van der Waals surface area contributed by atoms with Crippen LogP contribution in [0.3, 0.4) is 0 Å². The minimum absolute atomic E-state index is 0.0174. The Labute approximate surface area is 166 Å². The number of hydrogen-bond acceptors (Lipinski definition) is 3. The molecule has 2 saturated heterocycles. The van der Waals surface area contributed by atoms with Crippen molar-refractivity contribution in [2.24, 2.45) is 11.8 Å². The lowest BCUT2D eigenvalue weighted by Crippen LogP contribution is -2.53. The Kier molecular flexibility index (Phi) is 9.07. The molecule has 156 valence electrons. The van der Waals surface area contributed by atoms with Crippen LogP contribution in [0.15, 0.2) is 0 Å². The molecule has 2 amide bonds. The van der Waals surface area contributed by atoms with Gasteiger partial charge in [-0.2, -0.15) is 0 Å². The highest BCUT2D eigenvalue weighted by Crippen LogP contribution is 2.20. The van der Waals surface area contributed by atoms with E-state index in [1.807, 2.05) is 18.7 Å². The molecule has 5 nitrogen and oxygen atoms in total. The van der Waals surface area contributed by atoms with Gasteiger partial charge in [0, 0.05) is 38.0 Å². The van der Waals surface area contributed by atoms with Gasteiger partial charge in [-0.3, -0.25) is 9.59 Å². The highest BCUT2D eigenvalue weighted by Gasteiger charge is 2.31. The molecular weight excluding hydrogens is 338 g/mol. The second-order valence-corrected chi connectivity index (χ2v) is 9.16. The summed E-state index contributed by atoms with van der Waals surface area (Å²) in [5, 5.41) is 0. The molecule has 2 rings (SSSR count). The summed E-state index contributed by atoms with van der Waals surface area (Å²) in [6, 6.07) is 0.190. The number of carbonyl (C=O) groups excluding carboxylic acids is 2. The minimum atomic E-state index is 0.0174. The van der Waals surface area contributed by atoms with E-state index in [2.05, 4.69) is 23.6 Å². The monoisotopic (exact) mass is 379 g/mol. The number of carbonyl (C=O) groups is 2. The van der Waals surface area contributed by atoms with Crippen molar-refractivity contribution in [3.05, 3.63) is 0 Å². The number of likely N-dealkylation sites (tertiary alicyclic amines) is 2. The summed E-state index contributed by atoms with van der Waals surface area (Å²) in [7, 11) is 0. The summed E-state index contributed by atoms with van der Waals surface area (Å²) in [5.74, 6) is 1.09. The predicted molar refractivity (Wildman–Crippen MR) is 111 cm³/mol. The van der Waals surface area contributed by atoms with Gasteiger partial charge >= 0.3 is 0 Å². The lowest BCUT2D eigenvalue weighted by molar-refractivity contribution is -0.142. The molecule has 0 spiro atoms. The summed E-state index contributed by atoms with van der Waals surface area (Å²) < 4.78 is 0. The highest BCUT2D eigenvalue weighted by atomic mass is 16.2. The van der Waals surface area contributed by atoms with E-state index in [9.17, 15) is 9.59 Å². The molecule has 0 aliphatic carbocycles. The van der Waals surface area contributed by atoms with Crippen LogP contribution in [0.2, 0.25) is 0 Å². The molecule has 27 heavy (non-hydrogen) atoms. The smallest absolute Gasteiger partial charge is 0.225 e. The van der Waals surface area contributed by atoms with Crippen LogP contribution in [0.1, 0.15) is 72.6 Å². The van der Waals surface area contributed by atoms with E-state index < -0.39 is 0 Å². The number of nitrogens with zero attached hydrogens (tertiary/aromatic N) is 3. The first-order valence-electron chi connectivity index (χ1n) is 11.2. The largest absolute Gasteiger partial charge is 0.341 e. The van der Waals surface area contributed by atoms with E-state index in [1.165, 1.54) is 25.9 Å². The first-order valence-corrected chi connectivity index (χ1v) is 11.2. The molecule has 2 heterocycles. The SMILES string of the molecule is CC(C)CCC(=O)N1CCCC(N(CCCN2CCCC2)C(=O)C(C)C)C1. The van der Waals surface area contributed by atoms with Crippen LogP contribution < -0.4 is 0 Å². The third-order valence-corrected chi connectivity index (χ3v) is 5.97. The zero-order chi connectivity index (χ0) is 19.8. The first kappa shape index (κ1) is 22.2. The predicted octanol–water partition coefficient (Wildman–Crippen LogP) is 3.38. The van der Waals surface area contributed by atoms with Crippen molar-refractivity contribution in [3.63, 3.8) is 0 Å². The average molecular weight is 380 g/mol. The van der Waals surface area contributed by atoms with Gasteiger partial charge in [0.1, 0.15) is 0 Å². The molecule has 0 aromatic carbocycles. The van der Waals surface area contributed by atoms with E-state index in [0.29, 0.717) is 12.3 Å². The second-order valence-electron chi connectivity index (χ2n) is 9.16. The average Bonchev–Trinajstić information content (AvgIpc) is 3.16. The van der Waals surface area contributed by atoms with Crippen LogP contribution >= 0.6 is 0 Å². The maximum Gasteiger partial charge on any atom is 0.225 e. The molecule has 1 atom stereocenters. The quantitative estimate of drug-likeness (QED) is 0.617. The van der Waals surface area contributed by atoms with Gasteiger partial charge in [0.2, 0.25) is 11.8 Å². The van der Waals surface area contributed by atoms with Crippen molar-refractivity contribution in [1.29, 1.82) is 0 Å². The summed E-state index contributed by atoms with van der Waals surface area (Å²) in [5.41, 5.74) is 0. The zero-order valence-corrected chi connectivity index (χ0v) is 18.1. The van der Waals surface area contributed by atoms with Crippen LogP contribution in [-0.4, -0.2) is 71.8 Å². The van der Waals surface area contributed by atoms with Gasteiger partial charge < -0.3 is 14.7 Å². The van der Waals surface area contributed by atoms with Crippen molar-refractivity contribution in [1.82, 2.24) is 14.7 Å². The van der Waals surface area contributed by atoms with Crippen LogP contribution in [0.4, 0.5) is 0 Å². The van der Waals surface area contributed by atoms with Crippen molar-refractivity contribution in [2.75, 3.05) is 39.3 Å². The third kappa shape index (κ3) is 7.10. The van der Waals surface area contributed by atoms with Gasteiger partial charge in [-0.15, -0.1) is 0 Å². The van der Waals surface area contributed by atoms with E-state index in [0.717, 1.165) is 51.9 Å². The van der Waals surface area contributed by atoms with E-state index in [-0.39, 0.29) is 23.8 Å². The lowest BCUT2D eigenvalue weighted by Gasteiger charge is -2.40. The number of amides is 2. The van der Waals surface area contributed by atoms with Crippen LogP contribution in [0, 0.1) is 11.8 Å². The highest BCUT2D eigenvalue weighted by molar-refractivity contribution is 5.79. The molecule has 1 unspecified atom stereocenters. The standard InChI is InChI=1S/C22H41N3O2/c1-18(2)10-11-21(26)24-15-7-9-20(17-24)25(22(27)19(3)4)16-8-14-23-12-5-6-13-23/h18-20H,5-17H2,1-4H3. The zero-order valence-electron chi connectivity index (χ0n) is 18.1. The summed E-state index contributed by atoms with van der Waals surface area (Å²) >= 11 is 0. The Morgan fingerprint density at radius 3 is 2.37 bits per heavy atom. The van der Waals surface area contributed by atoms with Gasteiger partial charge in [0.15, 0.2) is 0 Å². The topological polar surface area (TPSA) is 43.9 Å². The number of rotatable bonds is 9. The van der Waals surface area contributed by atoms with Gasteiger partial charge in [-0.05, 0) is 64.1 Å². The lowest BCUT2D eigenvalue weighted by atomic mass is 10.0. The molecule has 2 aliphatic rings. The maximum atomic E-state index is 12.9. The molecule has 2 aliphatic heterocycles. The number of piperidine rings is 1. The summed E-state index contributed by atoms with van der Waals surface area (Å²) in [4.78, 5) is 32.1. The fourth-order valence-corrected chi connectivity index (χ4v) is 4.28.